The number of para-hydroxylation sites is 1. The molecule has 0 aliphatic rings. The average Bonchev–Trinajstić information content (AvgIpc) is 2.72. The summed E-state index contributed by atoms with van der Waals surface area (Å²) in [5.41, 5.74) is 2.90. The first kappa shape index (κ1) is 22.6. The number of carbonyl (C=O) groups excluding carboxylic acids is 2. The number of nitrogens with one attached hydrogen (secondary N) is 1. The van der Waals surface area contributed by atoms with E-state index in [0.29, 0.717) is 5.56 Å². The van der Waals surface area contributed by atoms with Crippen molar-refractivity contribution in [3.05, 3.63) is 62.7 Å². The van der Waals surface area contributed by atoms with Crippen molar-refractivity contribution in [3.8, 4) is 11.5 Å². The van der Waals surface area contributed by atoms with Gasteiger partial charge in [-0.15, -0.1) is 0 Å². The van der Waals surface area contributed by atoms with Gasteiger partial charge in [-0.05, 0) is 17.7 Å². The smallest absolute Gasteiger partial charge is 0.343 e. The number of carbonyl (C=O) groups is 2. The average molecular weight is 436 g/mol. The van der Waals surface area contributed by atoms with Gasteiger partial charge < -0.3 is 14.2 Å². The molecule has 0 aliphatic carbocycles. The molecule has 158 valence electrons. The van der Waals surface area contributed by atoms with E-state index in [4.69, 9.17) is 21.1 Å². The van der Waals surface area contributed by atoms with Crippen molar-refractivity contribution in [1.29, 1.82) is 0 Å². The minimum atomic E-state index is -0.583. The highest BCUT2D eigenvalue weighted by Gasteiger charge is 2.16. The molecule has 0 aliphatic heterocycles. The Bertz CT molecular complexity index is 979. The number of halogens is 1. The number of nitro benzene ring substituents is 1. The molecule has 2 aromatic carbocycles. The van der Waals surface area contributed by atoms with Crippen LogP contribution in [0.15, 0.2) is 41.5 Å². The van der Waals surface area contributed by atoms with Crippen LogP contribution in [0, 0.1) is 10.1 Å². The second-order valence-electron chi connectivity index (χ2n) is 5.75. The second kappa shape index (κ2) is 10.8. The molecule has 0 heterocycles. The molecule has 0 aromatic heterocycles. The van der Waals surface area contributed by atoms with E-state index in [1.54, 1.807) is 6.07 Å². The van der Waals surface area contributed by atoms with Crippen LogP contribution in [-0.4, -0.2) is 43.8 Å². The summed E-state index contributed by atoms with van der Waals surface area (Å²) < 4.78 is 15.0. The molecule has 30 heavy (non-hydrogen) atoms. The van der Waals surface area contributed by atoms with E-state index in [1.165, 1.54) is 50.8 Å². The lowest BCUT2D eigenvalue weighted by Gasteiger charge is -2.12. The van der Waals surface area contributed by atoms with Gasteiger partial charge in [0.05, 0.1) is 36.8 Å². The van der Waals surface area contributed by atoms with Crippen molar-refractivity contribution in [2.75, 3.05) is 20.8 Å². The topological polar surface area (TPSA) is 129 Å². The van der Waals surface area contributed by atoms with E-state index in [1.807, 2.05) is 0 Å². The summed E-state index contributed by atoms with van der Waals surface area (Å²) in [7, 11) is 2.63. The molecular weight excluding hydrogens is 418 g/mol. The number of hydrogen-bond acceptors (Lipinski definition) is 8. The first-order valence-electron chi connectivity index (χ1n) is 8.47. The fourth-order valence-corrected chi connectivity index (χ4v) is 2.65. The monoisotopic (exact) mass is 435 g/mol. The van der Waals surface area contributed by atoms with E-state index < -0.39 is 16.8 Å². The lowest BCUT2D eigenvalue weighted by molar-refractivity contribution is -0.385. The highest BCUT2D eigenvalue weighted by molar-refractivity contribution is 6.32. The van der Waals surface area contributed by atoms with Crippen LogP contribution in [0.2, 0.25) is 5.02 Å². The van der Waals surface area contributed by atoms with Gasteiger partial charge in [-0.2, -0.15) is 5.10 Å². The van der Waals surface area contributed by atoms with Crippen molar-refractivity contribution < 1.29 is 28.7 Å². The number of benzene rings is 2. The van der Waals surface area contributed by atoms with Crippen LogP contribution < -0.4 is 14.9 Å². The number of esters is 1. The Morgan fingerprint density at radius 3 is 2.67 bits per heavy atom. The summed E-state index contributed by atoms with van der Waals surface area (Å²) in [5.74, 6) is -0.710. The number of amides is 1. The third kappa shape index (κ3) is 6.17. The number of nitrogens with zero attached hydrogens (tertiary/aromatic N) is 2. The molecule has 0 spiro atoms. The van der Waals surface area contributed by atoms with Crippen molar-refractivity contribution in [2.45, 2.75) is 6.42 Å². The fourth-order valence-electron chi connectivity index (χ4n) is 2.37. The van der Waals surface area contributed by atoms with Crippen molar-refractivity contribution >= 4 is 35.4 Å². The maximum Gasteiger partial charge on any atom is 0.343 e. The summed E-state index contributed by atoms with van der Waals surface area (Å²) in [5, 5.41) is 15.0. The maximum atomic E-state index is 12.0. The third-order valence-electron chi connectivity index (χ3n) is 3.76. The second-order valence-corrected chi connectivity index (χ2v) is 6.16. The Balaban J connectivity index is 2.05. The zero-order chi connectivity index (χ0) is 22.1. The molecule has 0 unspecified atom stereocenters. The van der Waals surface area contributed by atoms with Crippen LogP contribution in [-0.2, 0) is 20.7 Å². The Labute approximate surface area is 176 Å². The number of nitro groups is 1. The van der Waals surface area contributed by atoms with Gasteiger partial charge in [0.25, 0.3) is 5.69 Å². The van der Waals surface area contributed by atoms with Gasteiger partial charge in [-0.1, -0.05) is 29.8 Å². The number of rotatable bonds is 9. The number of hydrogen-bond donors (Lipinski definition) is 1. The van der Waals surface area contributed by atoms with Gasteiger partial charge in [0.2, 0.25) is 5.91 Å². The Hall–Kier alpha value is -3.66. The first-order valence-corrected chi connectivity index (χ1v) is 8.84. The van der Waals surface area contributed by atoms with E-state index >= 15 is 0 Å². The highest BCUT2D eigenvalue weighted by atomic mass is 35.5. The van der Waals surface area contributed by atoms with Gasteiger partial charge in [0, 0.05) is 11.6 Å². The lowest BCUT2D eigenvalue weighted by atomic mass is 10.1. The SMILES string of the molecule is COC(=O)COc1c(Cl)cc(/C=N/NC(=O)Cc2ccccc2[N+](=O)[O-])cc1OC. The summed E-state index contributed by atoms with van der Waals surface area (Å²) in [6, 6.07) is 8.98. The molecule has 0 fully saturated rings. The van der Waals surface area contributed by atoms with E-state index in [2.05, 4.69) is 15.3 Å². The normalized spacial score (nSPS) is 10.5. The number of methoxy groups -OCH3 is 2. The third-order valence-corrected chi connectivity index (χ3v) is 4.04. The molecule has 0 saturated heterocycles. The van der Waals surface area contributed by atoms with Gasteiger partial charge in [-0.3, -0.25) is 14.9 Å². The summed E-state index contributed by atoms with van der Waals surface area (Å²) in [6.45, 7) is -0.346. The minimum absolute atomic E-state index is 0.143. The predicted molar refractivity (Wildman–Crippen MR) is 108 cm³/mol. The molecule has 10 nitrogen and oxygen atoms in total. The van der Waals surface area contributed by atoms with Gasteiger partial charge in [0.15, 0.2) is 18.1 Å². The molecule has 0 bridgehead atoms. The zero-order valence-electron chi connectivity index (χ0n) is 16.1. The summed E-state index contributed by atoms with van der Waals surface area (Å²) in [6.07, 6.45) is 1.11. The zero-order valence-corrected chi connectivity index (χ0v) is 16.8. The van der Waals surface area contributed by atoms with E-state index in [9.17, 15) is 19.7 Å². The molecule has 0 saturated carbocycles. The van der Waals surface area contributed by atoms with Crippen LogP contribution in [0.4, 0.5) is 5.69 Å². The van der Waals surface area contributed by atoms with Gasteiger partial charge in [0.1, 0.15) is 0 Å². The Morgan fingerprint density at radius 2 is 2.00 bits per heavy atom. The highest BCUT2D eigenvalue weighted by Crippen LogP contribution is 2.36. The molecule has 0 radical (unpaired) electrons. The lowest BCUT2D eigenvalue weighted by Crippen LogP contribution is -2.20. The van der Waals surface area contributed by atoms with Crippen LogP contribution in [0.3, 0.4) is 0 Å². The van der Waals surface area contributed by atoms with Gasteiger partial charge in [-0.25, -0.2) is 10.2 Å². The van der Waals surface area contributed by atoms with Crippen LogP contribution in [0.5, 0.6) is 11.5 Å². The molecule has 2 rings (SSSR count). The fraction of sp³-hybridized carbons (Fsp3) is 0.211. The predicted octanol–water partition coefficient (Wildman–Crippen LogP) is 2.50. The Morgan fingerprint density at radius 1 is 1.27 bits per heavy atom. The molecule has 1 N–H and O–H groups in total. The Kier molecular flexibility index (Phi) is 8.12. The molecule has 0 atom stereocenters. The van der Waals surface area contributed by atoms with Crippen LogP contribution >= 0.6 is 11.6 Å². The van der Waals surface area contributed by atoms with Gasteiger partial charge >= 0.3 is 5.97 Å². The standard InChI is InChI=1S/C19H18ClN3O7/c1-28-16-8-12(7-14(20)19(16)30-11-18(25)29-2)10-21-22-17(24)9-13-5-3-4-6-15(13)23(26)27/h3-8,10H,9,11H2,1-2H3,(H,22,24)/b21-10+. The minimum Gasteiger partial charge on any atom is -0.493 e. The van der Waals surface area contributed by atoms with Crippen LogP contribution in [0.25, 0.3) is 0 Å². The summed E-state index contributed by atoms with van der Waals surface area (Å²) >= 11 is 6.17. The first-order chi connectivity index (χ1) is 14.3. The number of hydrazone groups is 1. The van der Waals surface area contributed by atoms with Crippen molar-refractivity contribution in [1.82, 2.24) is 5.43 Å². The van der Waals surface area contributed by atoms with Crippen molar-refractivity contribution in [2.24, 2.45) is 5.10 Å². The maximum absolute atomic E-state index is 12.0. The van der Waals surface area contributed by atoms with Crippen molar-refractivity contribution in [3.63, 3.8) is 0 Å². The number of ether oxygens (including phenoxy) is 3. The molecular formula is C19H18ClN3O7. The molecule has 11 heteroatoms. The van der Waals surface area contributed by atoms with Crippen LogP contribution in [0.1, 0.15) is 11.1 Å². The van der Waals surface area contributed by atoms with E-state index in [-0.39, 0.29) is 40.8 Å². The molecule has 1 amide bonds. The largest absolute Gasteiger partial charge is 0.493 e. The molecule has 2 aromatic rings. The summed E-state index contributed by atoms with van der Waals surface area (Å²) in [4.78, 5) is 33.7. The quantitative estimate of drug-likeness (QED) is 0.277. The van der Waals surface area contributed by atoms with E-state index in [0.717, 1.165) is 0 Å².